The summed E-state index contributed by atoms with van der Waals surface area (Å²) in [7, 11) is 4.16. The molecule has 0 aromatic carbocycles. The molecule has 44 heavy (non-hydrogen) atoms. The van der Waals surface area contributed by atoms with E-state index in [0.29, 0.717) is 18.1 Å². The van der Waals surface area contributed by atoms with Crippen LogP contribution in [0.4, 0.5) is 39.5 Å². The lowest BCUT2D eigenvalue weighted by molar-refractivity contribution is -0.193. The molecule has 0 spiro atoms. The third-order valence-electron chi connectivity index (χ3n) is 5.69. The lowest BCUT2D eigenvalue weighted by Gasteiger charge is -2.39. The maximum absolute atomic E-state index is 10.6. The van der Waals surface area contributed by atoms with E-state index in [1.165, 1.54) is 18.4 Å². The Bertz CT molecular complexity index is 952. The molecule has 1 aliphatic heterocycles. The van der Waals surface area contributed by atoms with E-state index in [2.05, 4.69) is 34.9 Å². The topological polar surface area (TPSA) is 150 Å². The number of likely N-dealkylation sites (N-methyl/N-ethyl adjacent to an activating group) is 1. The van der Waals surface area contributed by atoms with Crippen molar-refractivity contribution in [3.8, 4) is 0 Å². The Hall–Kier alpha value is -3.23. The zero-order chi connectivity index (χ0) is 34.3. The lowest BCUT2D eigenvalue weighted by Crippen LogP contribution is -2.50. The Morgan fingerprint density at radius 1 is 0.955 bits per heavy atom. The zero-order valence-electron chi connectivity index (χ0n) is 23.3. The number of morpholine rings is 1. The van der Waals surface area contributed by atoms with Gasteiger partial charge in [-0.25, -0.2) is 14.4 Å². The summed E-state index contributed by atoms with van der Waals surface area (Å²) in [5, 5.41) is 21.4. The molecule has 3 atom stereocenters. The van der Waals surface area contributed by atoms with Gasteiger partial charge in [0.15, 0.2) is 0 Å². The number of hydrogen-bond acceptors (Lipinski definition) is 8. The van der Waals surface area contributed by atoms with Crippen molar-refractivity contribution in [2.75, 3.05) is 47.0 Å². The molecule has 3 N–H and O–H groups in total. The highest BCUT2D eigenvalue weighted by molar-refractivity contribution is 5.73. The van der Waals surface area contributed by atoms with Crippen molar-refractivity contribution in [1.82, 2.24) is 14.8 Å². The highest BCUT2D eigenvalue weighted by atomic mass is 19.4. The number of ether oxygens (including phenoxy) is 2. The smallest absolute Gasteiger partial charge is 0.475 e. The van der Waals surface area contributed by atoms with Crippen molar-refractivity contribution in [3.63, 3.8) is 0 Å². The van der Waals surface area contributed by atoms with E-state index in [1.807, 2.05) is 18.5 Å². The highest BCUT2D eigenvalue weighted by Gasteiger charge is 2.43. The largest absolute Gasteiger partial charge is 0.490 e. The number of pyridine rings is 1. The number of carboxylic acids is 3. The van der Waals surface area contributed by atoms with E-state index in [4.69, 9.17) is 39.2 Å². The second-order valence-electron chi connectivity index (χ2n) is 9.36. The fourth-order valence-corrected chi connectivity index (χ4v) is 3.72. The van der Waals surface area contributed by atoms with E-state index in [0.717, 1.165) is 39.5 Å². The number of hydrogen-bond donors (Lipinski definition) is 3. The predicted molar refractivity (Wildman–Crippen MR) is 131 cm³/mol. The van der Waals surface area contributed by atoms with Gasteiger partial charge in [0, 0.05) is 44.0 Å². The summed E-state index contributed by atoms with van der Waals surface area (Å²) in [6.45, 7) is 5.44. The summed E-state index contributed by atoms with van der Waals surface area (Å²) >= 11 is 0. The first kappa shape index (κ1) is 40.8. The summed E-state index contributed by atoms with van der Waals surface area (Å²) < 4.78 is 107. The Labute approximate surface area is 245 Å². The van der Waals surface area contributed by atoms with Crippen LogP contribution < -0.4 is 0 Å². The number of rotatable bonds is 7. The molecule has 2 heterocycles. The van der Waals surface area contributed by atoms with E-state index >= 15 is 0 Å². The van der Waals surface area contributed by atoms with Crippen LogP contribution in [0.15, 0.2) is 24.5 Å². The second kappa shape index (κ2) is 18.5. The number of aliphatic carboxylic acids is 3. The first-order chi connectivity index (χ1) is 20.1. The van der Waals surface area contributed by atoms with Crippen LogP contribution in [0.3, 0.4) is 0 Å². The third kappa shape index (κ3) is 17.2. The van der Waals surface area contributed by atoms with Gasteiger partial charge < -0.3 is 29.7 Å². The Morgan fingerprint density at radius 3 is 1.86 bits per heavy atom. The maximum Gasteiger partial charge on any atom is 0.490 e. The molecule has 1 aromatic rings. The molecule has 3 rings (SSSR count). The Kier molecular flexibility index (Phi) is 17.2. The van der Waals surface area contributed by atoms with Gasteiger partial charge in [0.2, 0.25) is 0 Å². The Morgan fingerprint density at radius 2 is 1.45 bits per heavy atom. The van der Waals surface area contributed by atoms with Crippen LogP contribution in [-0.4, -0.2) is 126 Å². The molecule has 0 bridgehead atoms. The van der Waals surface area contributed by atoms with Gasteiger partial charge in [0.1, 0.15) is 0 Å². The molecule has 0 radical (unpaired) electrons. The van der Waals surface area contributed by atoms with Crippen LogP contribution in [-0.2, 0) is 30.4 Å². The van der Waals surface area contributed by atoms with Crippen LogP contribution >= 0.6 is 0 Å². The summed E-state index contributed by atoms with van der Waals surface area (Å²) in [5.41, 5.74) is 1.29. The summed E-state index contributed by atoms with van der Waals surface area (Å²) in [4.78, 5) is 35.7. The molecule has 254 valence electrons. The molecular weight excluding hydrogens is 629 g/mol. The summed E-state index contributed by atoms with van der Waals surface area (Å²) in [6.07, 6.45) is -8.68. The second-order valence-corrected chi connectivity index (χ2v) is 9.36. The highest BCUT2D eigenvalue weighted by Crippen LogP contribution is 2.35. The van der Waals surface area contributed by atoms with Gasteiger partial charge in [0.25, 0.3) is 0 Å². The van der Waals surface area contributed by atoms with E-state index in [1.54, 1.807) is 0 Å². The molecule has 3 unspecified atom stereocenters. The van der Waals surface area contributed by atoms with Gasteiger partial charge in [0.05, 0.1) is 25.9 Å². The van der Waals surface area contributed by atoms with Gasteiger partial charge in [-0.05, 0) is 38.6 Å². The predicted octanol–water partition coefficient (Wildman–Crippen LogP) is 3.54. The van der Waals surface area contributed by atoms with E-state index in [-0.39, 0.29) is 0 Å². The molecule has 20 heteroatoms. The molecule has 11 nitrogen and oxygen atoms in total. The standard InChI is InChI=1S/C18H29N3O2.3C2HF3O2/c1-20(2)8-10-22-14-16-5-6-17-18(16)23-11-9-21(17)13-15-4-3-7-19-12-15;3*3-2(4,5)1(6)7/h3-4,7,12,16-18H,5-6,8-11,13-14H2,1-2H3;3*(H,6,7). The lowest BCUT2D eigenvalue weighted by atomic mass is 10.0. The molecule has 1 saturated heterocycles. The van der Waals surface area contributed by atoms with Crippen molar-refractivity contribution in [2.24, 2.45) is 5.92 Å². The minimum atomic E-state index is -5.08. The molecule has 2 fully saturated rings. The van der Waals surface area contributed by atoms with Crippen LogP contribution in [0.25, 0.3) is 0 Å². The first-order valence-corrected chi connectivity index (χ1v) is 12.4. The average molecular weight is 662 g/mol. The number of fused-ring (bicyclic) bond motifs is 1. The van der Waals surface area contributed by atoms with Crippen LogP contribution in [0, 0.1) is 5.92 Å². The fourth-order valence-electron chi connectivity index (χ4n) is 3.72. The first-order valence-electron chi connectivity index (χ1n) is 12.4. The van der Waals surface area contributed by atoms with Crippen molar-refractivity contribution in [1.29, 1.82) is 0 Å². The number of carbonyl (C=O) groups is 3. The van der Waals surface area contributed by atoms with Crippen molar-refractivity contribution in [3.05, 3.63) is 30.1 Å². The molecule has 1 saturated carbocycles. The average Bonchev–Trinajstić information content (AvgIpc) is 3.30. The fraction of sp³-hybridized carbons (Fsp3) is 0.667. The van der Waals surface area contributed by atoms with Crippen LogP contribution in [0.5, 0.6) is 0 Å². The van der Waals surface area contributed by atoms with E-state index in [9.17, 15) is 39.5 Å². The SMILES string of the molecule is CN(C)CCOCC1CCC2C1OCCN2Cc1cccnc1.O=C(O)C(F)(F)F.O=C(O)C(F)(F)F.O=C(O)C(F)(F)F. The monoisotopic (exact) mass is 661 g/mol. The number of alkyl halides is 9. The minimum Gasteiger partial charge on any atom is -0.475 e. The quantitative estimate of drug-likeness (QED) is 0.291. The van der Waals surface area contributed by atoms with Crippen LogP contribution in [0.1, 0.15) is 18.4 Å². The van der Waals surface area contributed by atoms with Crippen molar-refractivity contribution in [2.45, 2.75) is 50.1 Å². The number of carboxylic acid groups (broad SMARTS) is 3. The summed E-state index contributed by atoms with van der Waals surface area (Å²) in [5.74, 6) is -7.73. The van der Waals surface area contributed by atoms with Gasteiger partial charge in [-0.15, -0.1) is 0 Å². The number of nitrogens with zero attached hydrogens (tertiary/aromatic N) is 3. The van der Waals surface area contributed by atoms with Gasteiger partial charge in [-0.2, -0.15) is 39.5 Å². The number of halogens is 9. The van der Waals surface area contributed by atoms with Crippen molar-refractivity contribution >= 4 is 17.9 Å². The molecular formula is C24H32F9N3O8. The summed E-state index contributed by atoms with van der Waals surface area (Å²) in [6, 6.07) is 4.71. The third-order valence-corrected chi connectivity index (χ3v) is 5.69. The van der Waals surface area contributed by atoms with Gasteiger partial charge in [-0.3, -0.25) is 9.88 Å². The molecule has 1 aromatic heterocycles. The maximum atomic E-state index is 10.6. The molecule has 2 aliphatic rings. The molecule has 0 amide bonds. The normalized spacial score (nSPS) is 20.1. The minimum absolute atomic E-state index is 0.333. The Balaban J connectivity index is 0.000000721. The van der Waals surface area contributed by atoms with Gasteiger partial charge in [-0.1, -0.05) is 6.07 Å². The number of aromatic nitrogens is 1. The van der Waals surface area contributed by atoms with Crippen molar-refractivity contribution < 1.29 is 78.7 Å². The molecule has 1 aliphatic carbocycles. The van der Waals surface area contributed by atoms with Crippen LogP contribution in [0.2, 0.25) is 0 Å². The van der Waals surface area contributed by atoms with E-state index < -0.39 is 36.4 Å². The van der Waals surface area contributed by atoms with Gasteiger partial charge >= 0.3 is 36.4 Å². The zero-order valence-corrected chi connectivity index (χ0v) is 23.3.